The summed E-state index contributed by atoms with van der Waals surface area (Å²) in [5.74, 6) is 0. The van der Waals surface area contributed by atoms with Crippen LogP contribution in [0, 0.1) is 40.0 Å². The van der Waals surface area contributed by atoms with Gasteiger partial charge in [0.15, 0.2) is 0 Å². The molecule has 2 rings (SSSR count). The number of hydrogen-bond acceptors (Lipinski definition) is 0. The van der Waals surface area contributed by atoms with Crippen LogP contribution < -0.4 is 0 Å². The minimum atomic E-state index is 0. The Hall–Kier alpha value is -1.31. The molecular formula is C20H35Re3Rf2-5. The third kappa shape index (κ3) is 51.8. The van der Waals surface area contributed by atoms with Gasteiger partial charge >= 0.3 is 0 Å². The molecule has 0 bridgehead atoms. The molecule has 0 saturated carbocycles. The first-order chi connectivity index (χ1) is 8.29. The SMILES string of the molecule is C.CC.CC.CC1=[C-]CC=C1.Cc1[c-]ccc[c-]1.[CH3-].[CH3-].[Re].[Re].[Re].[Rf].[Rf]. The molecule has 0 heterocycles. The molecule has 5 heteroatoms. The quantitative estimate of drug-likeness (QED) is 0.249. The Bertz CT molecular complexity index is 311. The predicted octanol–water partition coefficient (Wildman–Crippen LogP) is 6.87. The second-order valence-electron chi connectivity index (χ2n) is 2.91. The molecule has 0 unspecified atom stereocenters. The second-order valence-corrected chi connectivity index (χ2v) is 2.91. The summed E-state index contributed by atoms with van der Waals surface area (Å²) in [5, 5.41) is 0. The summed E-state index contributed by atoms with van der Waals surface area (Å²) < 4.78 is 0. The fourth-order valence-corrected chi connectivity index (χ4v) is 0.951. The van der Waals surface area contributed by atoms with E-state index in [2.05, 4.69) is 37.3 Å². The number of hydrogen-bond donors (Lipinski definition) is 0. The van der Waals surface area contributed by atoms with Crippen molar-refractivity contribution >= 4 is 0 Å². The fraction of sp³-hybridized carbons (Fsp3) is 0.400. The standard InChI is InChI=1S/C7H6.C6H7.2C2H6.CH4.2CH3.3Re.2Rf/c1-7-5-3-2-4-6-7;1-6-4-2-3-5-6;2*1-2;;;;;;;;/h2-4H,1H3;2,4H,3H2,1H3;2*1-2H3;1H4;2*1H3;;;;;/q-2;-1;;;;2*-1;;;;;. The van der Waals surface area contributed by atoms with Gasteiger partial charge < -0.3 is 27.0 Å². The van der Waals surface area contributed by atoms with Crippen molar-refractivity contribution in [3.63, 3.8) is 0 Å². The van der Waals surface area contributed by atoms with E-state index >= 15 is 0 Å². The summed E-state index contributed by atoms with van der Waals surface area (Å²) >= 11 is 0. The Kier molecular flexibility index (Phi) is 148. The molecule has 25 heavy (non-hydrogen) atoms. The summed E-state index contributed by atoms with van der Waals surface area (Å²) in [4.78, 5) is 0. The van der Waals surface area contributed by atoms with Crippen LogP contribution in [0.25, 0.3) is 0 Å². The van der Waals surface area contributed by atoms with Crippen molar-refractivity contribution < 1.29 is 61.3 Å². The van der Waals surface area contributed by atoms with E-state index in [1.807, 2.05) is 52.8 Å². The van der Waals surface area contributed by atoms with Gasteiger partial charge in [0.2, 0.25) is 0 Å². The molecule has 1 aromatic carbocycles. The molecule has 0 aliphatic heterocycles. The molecule has 1 aromatic rings. The van der Waals surface area contributed by atoms with Crippen LogP contribution in [-0.4, -0.2) is 0 Å². The van der Waals surface area contributed by atoms with Gasteiger partial charge in [0.05, 0.1) is 0 Å². The Morgan fingerprint density at radius 3 is 1.28 bits per heavy atom. The maximum Gasteiger partial charge on any atom is 0 e. The van der Waals surface area contributed by atoms with Gasteiger partial charge in [-0.05, 0) is 0 Å². The summed E-state index contributed by atoms with van der Waals surface area (Å²) in [6, 6.07) is 11.6. The Morgan fingerprint density at radius 1 is 0.800 bits per heavy atom. The second kappa shape index (κ2) is 57.0. The van der Waals surface area contributed by atoms with Crippen molar-refractivity contribution in [2.75, 3.05) is 0 Å². The van der Waals surface area contributed by atoms with Crippen LogP contribution in [0.5, 0.6) is 0 Å². The van der Waals surface area contributed by atoms with Gasteiger partial charge in [-0.15, -0.1) is 6.42 Å². The van der Waals surface area contributed by atoms with Gasteiger partial charge in [-0.25, -0.2) is 11.6 Å². The largest absolute Gasteiger partial charge is 0.358 e. The maximum absolute atomic E-state index is 3.12. The molecular weight excluding hydrogens is 1330 g/mol. The van der Waals surface area contributed by atoms with Gasteiger partial charge in [-0.3, -0.25) is 29.8 Å². The molecule has 145 valence electrons. The zero-order valence-electron chi connectivity index (χ0n) is 16.6. The monoisotopic (exact) mass is 1370 g/mol. The number of aryl methyl sites for hydroxylation is 1. The van der Waals surface area contributed by atoms with Crippen molar-refractivity contribution in [1.29, 1.82) is 0 Å². The molecule has 0 aromatic heterocycles. The summed E-state index contributed by atoms with van der Waals surface area (Å²) in [5.41, 5.74) is 2.34. The van der Waals surface area contributed by atoms with Crippen LogP contribution in [0.2, 0.25) is 0 Å². The summed E-state index contributed by atoms with van der Waals surface area (Å²) in [6.45, 7) is 12.0. The van der Waals surface area contributed by atoms with E-state index in [9.17, 15) is 0 Å². The molecule has 0 spiro atoms. The zero-order chi connectivity index (χ0) is 13.5. The van der Waals surface area contributed by atoms with Crippen molar-refractivity contribution in [3.8, 4) is 0 Å². The van der Waals surface area contributed by atoms with Gasteiger partial charge in [0.25, 0.3) is 0 Å². The topological polar surface area (TPSA) is 0 Å². The van der Waals surface area contributed by atoms with E-state index in [0.29, 0.717) is 0 Å². The molecule has 3 radical (unpaired) electrons. The van der Waals surface area contributed by atoms with Crippen LogP contribution >= 0.6 is 0 Å². The summed E-state index contributed by atoms with van der Waals surface area (Å²) in [7, 11) is 0. The van der Waals surface area contributed by atoms with Crippen LogP contribution in [0.4, 0.5) is 0 Å². The molecule has 0 fully saturated rings. The van der Waals surface area contributed by atoms with E-state index in [1.54, 1.807) is 0 Å². The third-order valence-electron chi connectivity index (χ3n) is 1.66. The molecule has 0 nitrogen and oxygen atoms in total. The maximum atomic E-state index is 3.12. The smallest absolute Gasteiger partial charge is 0 e. The van der Waals surface area contributed by atoms with E-state index in [-0.39, 0.29) is 83.5 Å². The van der Waals surface area contributed by atoms with Crippen molar-refractivity contribution in [2.45, 2.75) is 55.4 Å². The van der Waals surface area contributed by atoms with Crippen LogP contribution in [0.15, 0.2) is 35.9 Å². The number of rotatable bonds is 0. The van der Waals surface area contributed by atoms with E-state index < -0.39 is 0 Å². The van der Waals surface area contributed by atoms with Crippen LogP contribution in [-0.2, 0) is 61.3 Å². The van der Waals surface area contributed by atoms with Gasteiger partial charge in [0, 0.05) is 61.3 Å². The molecule has 0 atom stereocenters. The molecule has 1 aliphatic rings. The normalized spacial score (nSPS) is 7.36. The Labute approximate surface area is 190 Å². The summed E-state index contributed by atoms with van der Waals surface area (Å²) in [6.07, 6.45) is 8.33. The predicted molar refractivity (Wildman–Crippen MR) is 97.3 cm³/mol. The average Bonchev–Trinajstić information content (AvgIpc) is 2.87. The molecule has 0 amide bonds. The molecule has 0 saturated heterocycles. The third-order valence-corrected chi connectivity index (χ3v) is 1.66. The number of allylic oxidation sites excluding steroid dienone is 4. The molecule has 1 aliphatic carbocycles. The first kappa shape index (κ1) is 65.1. The first-order valence-corrected chi connectivity index (χ1v) is 6.38. The van der Waals surface area contributed by atoms with Gasteiger partial charge in [0.1, 0.15) is 0 Å². The fourth-order valence-electron chi connectivity index (χ4n) is 0.951. The van der Waals surface area contributed by atoms with E-state index in [4.69, 9.17) is 0 Å². The minimum Gasteiger partial charge on any atom is -0.358 e. The van der Waals surface area contributed by atoms with Crippen LogP contribution in [0.1, 0.15) is 54.0 Å². The zero-order valence-corrected chi connectivity index (χ0v) is 37.6. The Morgan fingerprint density at radius 2 is 1.16 bits per heavy atom. The first-order valence-electron chi connectivity index (χ1n) is 6.38. The average molecular weight is 1370 g/mol. The van der Waals surface area contributed by atoms with Crippen molar-refractivity contribution in [2.24, 2.45) is 0 Å². The van der Waals surface area contributed by atoms with Crippen molar-refractivity contribution in [1.82, 2.24) is 0 Å². The van der Waals surface area contributed by atoms with Gasteiger partial charge in [-0.1, -0.05) is 49.0 Å². The van der Waals surface area contributed by atoms with Crippen molar-refractivity contribution in [3.05, 3.63) is 74.5 Å². The van der Waals surface area contributed by atoms with Gasteiger partial charge in [-0.2, -0.15) is 6.08 Å². The minimum absolute atomic E-state index is 0. The van der Waals surface area contributed by atoms with E-state index in [0.717, 1.165) is 12.0 Å². The number of benzene rings is 1. The Balaban J connectivity index is -0.0000000148. The van der Waals surface area contributed by atoms with Crippen LogP contribution in [0.3, 0.4) is 0 Å². The van der Waals surface area contributed by atoms with E-state index in [1.165, 1.54) is 5.57 Å². The molecule has 0 N–H and O–H groups in total.